The Hall–Kier alpha value is -3.48. The van der Waals surface area contributed by atoms with Crippen LogP contribution in [0.2, 0.25) is 4.34 Å². The number of nitrogens with one attached hydrogen (secondary N) is 4. The summed E-state index contributed by atoms with van der Waals surface area (Å²) >= 11 is 6.88. The molecule has 0 aliphatic rings. The molecule has 4 N–H and O–H groups in total. The van der Waals surface area contributed by atoms with Crippen molar-refractivity contribution in [1.29, 1.82) is 0 Å². The summed E-state index contributed by atoms with van der Waals surface area (Å²) in [5, 5.41) is 8.00. The summed E-state index contributed by atoms with van der Waals surface area (Å²) < 4.78 is 29.5. The van der Waals surface area contributed by atoms with Gasteiger partial charge in [0.25, 0.3) is 5.91 Å². The molecule has 34 heavy (non-hydrogen) atoms. The maximum absolute atomic E-state index is 14.2. The number of nitrogens with zero attached hydrogens (tertiary/aromatic N) is 1. The fraction of sp³-hybridized carbons (Fsp3) is 0.0952. The third kappa shape index (κ3) is 5.71. The number of hydrogen-bond donors (Lipinski definition) is 4. The largest absolute Gasteiger partial charge is 0.387 e. The molecule has 9 nitrogen and oxygen atoms in total. The van der Waals surface area contributed by atoms with E-state index >= 15 is 0 Å². The lowest BCUT2D eigenvalue weighted by atomic mass is 10.1. The van der Waals surface area contributed by atoms with Crippen LogP contribution in [0.5, 0.6) is 0 Å². The molecule has 0 fully saturated rings. The zero-order chi connectivity index (χ0) is 24.8. The van der Waals surface area contributed by atoms with Crippen LogP contribution in [0, 0.1) is 5.82 Å². The van der Waals surface area contributed by atoms with Crippen LogP contribution >= 0.6 is 22.9 Å². The van der Waals surface area contributed by atoms with Gasteiger partial charge in [0.05, 0.1) is 21.3 Å². The number of hydrogen-bond acceptors (Lipinski definition) is 7. The Morgan fingerprint density at radius 3 is 2.29 bits per heavy atom. The molecule has 1 atom stereocenters. The minimum absolute atomic E-state index is 0.0381. The fourth-order valence-electron chi connectivity index (χ4n) is 2.90. The zero-order valence-corrected chi connectivity index (χ0v) is 20.2. The van der Waals surface area contributed by atoms with Gasteiger partial charge in [-0.25, -0.2) is 18.3 Å². The zero-order valence-electron chi connectivity index (χ0n) is 17.8. The Balaban J connectivity index is 1.73. The molecule has 0 saturated carbocycles. The highest BCUT2D eigenvalue weighted by Gasteiger charge is 2.22. The first-order chi connectivity index (χ1) is 16.3. The summed E-state index contributed by atoms with van der Waals surface area (Å²) in [7, 11) is 1.33. The number of benzene rings is 2. The van der Waals surface area contributed by atoms with Gasteiger partial charge in [-0.05, 0) is 48.5 Å². The molecule has 0 aliphatic heterocycles. The van der Waals surface area contributed by atoms with E-state index in [1.54, 1.807) is 26.2 Å². The number of imide groups is 1. The van der Waals surface area contributed by atoms with Crippen molar-refractivity contribution in [2.45, 2.75) is 4.21 Å². The van der Waals surface area contributed by atoms with E-state index in [0.29, 0.717) is 26.3 Å². The second-order valence-electron chi connectivity index (χ2n) is 6.59. The van der Waals surface area contributed by atoms with Gasteiger partial charge in [0, 0.05) is 25.5 Å². The molecule has 3 aromatic rings. The Morgan fingerprint density at radius 2 is 1.74 bits per heavy atom. The highest BCUT2D eigenvalue weighted by Crippen LogP contribution is 2.27. The normalized spacial score (nSPS) is 11.3. The van der Waals surface area contributed by atoms with Crippen LogP contribution in [0.4, 0.5) is 31.9 Å². The molecule has 1 heterocycles. The summed E-state index contributed by atoms with van der Waals surface area (Å²) in [4.78, 5) is 37.6. The Labute approximate surface area is 205 Å². The molecular formula is C21H19ClFN5O4S2. The van der Waals surface area contributed by atoms with Gasteiger partial charge in [0.15, 0.2) is 11.0 Å². The Bertz CT molecular complexity index is 1250. The molecule has 4 amide bonds. The number of urea groups is 1. The van der Waals surface area contributed by atoms with Crippen molar-refractivity contribution >= 4 is 75.0 Å². The van der Waals surface area contributed by atoms with Crippen molar-refractivity contribution in [3.63, 3.8) is 0 Å². The van der Waals surface area contributed by atoms with Crippen LogP contribution in [0.3, 0.4) is 0 Å². The predicted molar refractivity (Wildman–Crippen MR) is 133 cm³/mol. The smallest absolute Gasteiger partial charge is 0.331 e. The van der Waals surface area contributed by atoms with E-state index in [0.717, 1.165) is 22.3 Å². The number of halogens is 2. The summed E-state index contributed by atoms with van der Waals surface area (Å²) in [6, 6.07) is 10.6. The van der Waals surface area contributed by atoms with Gasteiger partial charge in [0.1, 0.15) is 10.0 Å². The molecule has 2 aromatic carbocycles. The second-order valence-corrected chi connectivity index (χ2v) is 9.74. The predicted octanol–water partition coefficient (Wildman–Crippen LogP) is 4.27. The van der Waals surface area contributed by atoms with E-state index in [-0.39, 0.29) is 16.9 Å². The standard InChI is InChI=1S/C21H19ClFN5O4S2/c1-24-16-10-17(25-2)15(23)9-14(16)20(30)28(11-29)13-5-3-12(4-6-13)26-21(31)27-34(32)19-8-7-18(22)33-19/h3-11,24-25H,1-2H3,(H2,26,27,31). The summed E-state index contributed by atoms with van der Waals surface area (Å²) in [6.07, 6.45) is 0.316. The van der Waals surface area contributed by atoms with Crippen LogP contribution < -0.4 is 25.6 Å². The maximum Gasteiger partial charge on any atom is 0.331 e. The first kappa shape index (κ1) is 25.1. The molecular weight excluding hydrogens is 505 g/mol. The average molecular weight is 524 g/mol. The minimum atomic E-state index is -1.78. The van der Waals surface area contributed by atoms with E-state index < -0.39 is 28.7 Å². The highest BCUT2D eigenvalue weighted by atomic mass is 35.5. The monoisotopic (exact) mass is 523 g/mol. The lowest BCUT2D eigenvalue weighted by Crippen LogP contribution is -2.31. The van der Waals surface area contributed by atoms with Gasteiger partial charge in [-0.3, -0.25) is 14.3 Å². The quantitative estimate of drug-likeness (QED) is 0.327. The number of anilines is 4. The number of thiophene rings is 1. The van der Waals surface area contributed by atoms with Crippen molar-refractivity contribution in [3.8, 4) is 0 Å². The van der Waals surface area contributed by atoms with E-state index in [1.165, 1.54) is 30.3 Å². The summed E-state index contributed by atoms with van der Waals surface area (Å²) in [6.45, 7) is 0. The summed E-state index contributed by atoms with van der Waals surface area (Å²) in [5.74, 6) is -1.40. The van der Waals surface area contributed by atoms with E-state index in [4.69, 9.17) is 11.6 Å². The van der Waals surface area contributed by atoms with Gasteiger partial charge < -0.3 is 16.0 Å². The first-order valence-corrected chi connectivity index (χ1v) is 11.9. The average Bonchev–Trinajstić information content (AvgIpc) is 3.26. The van der Waals surface area contributed by atoms with E-state index in [2.05, 4.69) is 20.7 Å². The molecule has 0 bridgehead atoms. The van der Waals surface area contributed by atoms with E-state index in [1.807, 2.05) is 0 Å². The molecule has 0 aliphatic carbocycles. The van der Waals surface area contributed by atoms with Gasteiger partial charge in [-0.15, -0.1) is 11.3 Å². The molecule has 1 unspecified atom stereocenters. The van der Waals surface area contributed by atoms with Crippen LogP contribution in [0.15, 0.2) is 52.7 Å². The number of carbonyl (C=O) groups excluding carboxylic acids is 3. The molecule has 3 rings (SSSR count). The van der Waals surface area contributed by atoms with Crippen molar-refractivity contribution in [2.75, 3.05) is 34.9 Å². The van der Waals surface area contributed by atoms with Crippen LogP contribution in [0.25, 0.3) is 0 Å². The van der Waals surface area contributed by atoms with Gasteiger partial charge in [-0.1, -0.05) is 11.6 Å². The molecule has 0 spiro atoms. The number of rotatable bonds is 8. The second kappa shape index (κ2) is 11.1. The molecule has 0 radical (unpaired) electrons. The van der Waals surface area contributed by atoms with Crippen LogP contribution in [-0.2, 0) is 15.8 Å². The SMILES string of the molecule is CNc1cc(NC)c(C(=O)N(C=O)c2ccc(NC(=O)NS(=O)c3ccc(Cl)s3)cc2)cc1F. The van der Waals surface area contributed by atoms with Crippen molar-refractivity contribution in [2.24, 2.45) is 0 Å². The third-order valence-corrected chi connectivity index (χ3v) is 7.12. The fourth-order valence-corrected chi connectivity index (χ4v) is 5.02. The van der Waals surface area contributed by atoms with Crippen LogP contribution in [0.1, 0.15) is 10.4 Å². The molecule has 178 valence electrons. The van der Waals surface area contributed by atoms with Gasteiger partial charge in [-0.2, -0.15) is 0 Å². The molecule has 0 saturated heterocycles. The third-order valence-electron chi connectivity index (χ3n) is 4.52. The maximum atomic E-state index is 14.2. The lowest BCUT2D eigenvalue weighted by Gasteiger charge is -2.19. The lowest BCUT2D eigenvalue weighted by molar-refractivity contribution is -0.106. The van der Waals surface area contributed by atoms with Crippen molar-refractivity contribution < 1.29 is 23.0 Å². The topological polar surface area (TPSA) is 120 Å². The number of amides is 4. The Morgan fingerprint density at radius 1 is 1.06 bits per heavy atom. The minimum Gasteiger partial charge on any atom is -0.387 e. The molecule has 13 heteroatoms. The van der Waals surface area contributed by atoms with Crippen LogP contribution in [-0.4, -0.2) is 36.7 Å². The van der Waals surface area contributed by atoms with Gasteiger partial charge in [0.2, 0.25) is 6.41 Å². The highest BCUT2D eigenvalue weighted by molar-refractivity contribution is 7.86. The van der Waals surface area contributed by atoms with Crippen molar-refractivity contribution in [1.82, 2.24) is 4.72 Å². The van der Waals surface area contributed by atoms with Crippen molar-refractivity contribution in [3.05, 3.63) is 64.2 Å². The summed E-state index contributed by atoms with van der Waals surface area (Å²) in [5.41, 5.74) is 1.00. The van der Waals surface area contributed by atoms with Gasteiger partial charge >= 0.3 is 6.03 Å². The Kier molecular flexibility index (Phi) is 8.21. The molecule has 1 aromatic heterocycles. The first-order valence-electron chi connectivity index (χ1n) is 9.60. The number of carbonyl (C=O) groups is 3. The van der Waals surface area contributed by atoms with E-state index in [9.17, 15) is 23.0 Å².